The van der Waals surface area contributed by atoms with Crippen LogP contribution in [0.25, 0.3) is 22.5 Å². The molecule has 1 atom stereocenters. The maximum Gasteiger partial charge on any atom is 0.341 e. The monoisotopic (exact) mass is 381 g/mol. The van der Waals surface area contributed by atoms with Crippen LogP contribution in [0.3, 0.4) is 0 Å². The van der Waals surface area contributed by atoms with Crippen LogP contribution in [-0.4, -0.2) is 18.1 Å². The van der Waals surface area contributed by atoms with E-state index in [0.717, 1.165) is 5.39 Å². The van der Waals surface area contributed by atoms with Crippen molar-refractivity contribution < 1.29 is 23.2 Å². The van der Waals surface area contributed by atoms with Gasteiger partial charge in [0.05, 0.1) is 5.56 Å². The maximum atomic E-state index is 12.8. The van der Waals surface area contributed by atoms with Crippen molar-refractivity contribution in [3.8, 4) is 11.5 Å². The van der Waals surface area contributed by atoms with Gasteiger partial charge in [-0.15, -0.1) is 0 Å². The molecule has 3 aromatic rings. The molecule has 2 aromatic heterocycles. The zero-order chi connectivity index (χ0) is 19.8. The SMILES string of the molecule is CCc1c(-c2cc3ccccc3o2)oc(=O)c(C)c1C(=O)OC1CCC(=O)N1. The molecule has 3 heterocycles. The van der Waals surface area contributed by atoms with Crippen LogP contribution in [0.1, 0.15) is 41.3 Å². The molecule has 0 aliphatic carbocycles. The van der Waals surface area contributed by atoms with Gasteiger partial charge in [0.15, 0.2) is 17.7 Å². The minimum atomic E-state index is -0.689. The average molecular weight is 381 g/mol. The minimum absolute atomic E-state index is 0.162. The fraction of sp³-hybridized carbons (Fsp3) is 0.286. The number of para-hydroxylation sites is 1. The number of ether oxygens (including phenoxy) is 1. The van der Waals surface area contributed by atoms with E-state index >= 15 is 0 Å². The first kappa shape index (κ1) is 18.0. The highest BCUT2D eigenvalue weighted by Crippen LogP contribution is 2.32. The van der Waals surface area contributed by atoms with Crippen LogP contribution in [0, 0.1) is 6.92 Å². The van der Waals surface area contributed by atoms with E-state index in [-0.39, 0.29) is 22.8 Å². The molecule has 0 saturated carbocycles. The van der Waals surface area contributed by atoms with Crippen molar-refractivity contribution in [2.75, 3.05) is 0 Å². The van der Waals surface area contributed by atoms with Gasteiger partial charge in [-0.2, -0.15) is 0 Å². The Morgan fingerprint density at radius 3 is 2.71 bits per heavy atom. The number of fused-ring (bicyclic) bond motifs is 1. The zero-order valence-electron chi connectivity index (χ0n) is 15.5. The van der Waals surface area contributed by atoms with E-state index in [0.29, 0.717) is 36.2 Å². The highest BCUT2D eigenvalue weighted by molar-refractivity contribution is 5.95. The molecule has 28 heavy (non-hydrogen) atoms. The van der Waals surface area contributed by atoms with Gasteiger partial charge in [0.25, 0.3) is 0 Å². The van der Waals surface area contributed by atoms with Gasteiger partial charge in [0, 0.05) is 29.4 Å². The van der Waals surface area contributed by atoms with Gasteiger partial charge in [0.1, 0.15) is 5.58 Å². The van der Waals surface area contributed by atoms with Gasteiger partial charge < -0.3 is 18.9 Å². The van der Waals surface area contributed by atoms with Gasteiger partial charge in [-0.1, -0.05) is 25.1 Å². The maximum absolute atomic E-state index is 12.8. The lowest BCUT2D eigenvalue weighted by atomic mass is 9.99. The highest BCUT2D eigenvalue weighted by atomic mass is 16.6. The lowest BCUT2D eigenvalue weighted by Gasteiger charge is -2.16. The summed E-state index contributed by atoms with van der Waals surface area (Å²) in [6, 6.07) is 9.20. The number of nitrogens with one attached hydrogen (secondary N) is 1. The Bertz CT molecular complexity index is 1110. The third-order valence-corrected chi connectivity index (χ3v) is 4.86. The normalized spacial score (nSPS) is 16.4. The minimum Gasteiger partial charge on any atom is -0.453 e. The number of rotatable bonds is 4. The Kier molecular flexibility index (Phi) is 4.50. The van der Waals surface area contributed by atoms with E-state index in [4.69, 9.17) is 13.6 Å². The second kappa shape index (κ2) is 6.99. The quantitative estimate of drug-likeness (QED) is 0.696. The first-order valence-electron chi connectivity index (χ1n) is 9.13. The van der Waals surface area contributed by atoms with E-state index in [1.807, 2.05) is 31.2 Å². The molecule has 144 valence electrons. The molecular weight excluding hydrogens is 362 g/mol. The molecule has 1 fully saturated rings. The van der Waals surface area contributed by atoms with Crippen molar-refractivity contribution in [2.24, 2.45) is 0 Å². The number of benzene rings is 1. The first-order valence-corrected chi connectivity index (χ1v) is 9.13. The number of amides is 1. The largest absolute Gasteiger partial charge is 0.453 e. The summed E-state index contributed by atoms with van der Waals surface area (Å²) >= 11 is 0. The fourth-order valence-electron chi connectivity index (χ4n) is 3.44. The van der Waals surface area contributed by atoms with Crippen LogP contribution in [0.2, 0.25) is 0 Å². The Labute approximate surface area is 160 Å². The van der Waals surface area contributed by atoms with Gasteiger partial charge in [-0.25, -0.2) is 9.59 Å². The van der Waals surface area contributed by atoms with Crippen LogP contribution < -0.4 is 10.9 Å². The van der Waals surface area contributed by atoms with Gasteiger partial charge >= 0.3 is 11.6 Å². The van der Waals surface area contributed by atoms with Crippen LogP contribution in [-0.2, 0) is 16.0 Å². The third kappa shape index (κ3) is 3.09. The number of carbonyl (C=O) groups excluding carboxylic acids is 2. The number of hydrogen-bond acceptors (Lipinski definition) is 6. The molecule has 0 bridgehead atoms. The van der Waals surface area contributed by atoms with E-state index < -0.39 is 17.8 Å². The van der Waals surface area contributed by atoms with E-state index in [1.54, 1.807) is 6.07 Å². The molecule has 0 spiro atoms. The molecule has 7 nitrogen and oxygen atoms in total. The number of carbonyl (C=O) groups is 2. The molecule has 1 amide bonds. The van der Waals surface area contributed by atoms with Crippen LogP contribution in [0.5, 0.6) is 0 Å². The topological polar surface area (TPSA) is 98.8 Å². The Balaban J connectivity index is 1.81. The van der Waals surface area contributed by atoms with Gasteiger partial charge in [0.2, 0.25) is 5.91 Å². The van der Waals surface area contributed by atoms with Crippen molar-refractivity contribution in [3.05, 3.63) is 57.4 Å². The summed E-state index contributed by atoms with van der Waals surface area (Å²) in [5, 5.41) is 3.45. The van der Waals surface area contributed by atoms with Crippen molar-refractivity contribution >= 4 is 22.8 Å². The Morgan fingerprint density at radius 1 is 1.25 bits per heavy atom. The average Bonchev–Trinajstić information content (AvgIpc) is 3.28. The highest BCUT2D eigenvalue weighted by Gasteiger charge is 2.29. The molecule has 4 rings (SSSR count). The smallest absolute Gasteiger partial charge is 0.341 e. The Morgan fingerprint density at radius 2 is 2.04 bits per heavy atom. The summed E-state index contributed by atoms with van der Waals surface area (Å²) in [7, 11) is 0. The molecule has 1 aliphatic heterocycles. The van der Waals surface area contributed by atoms with Crippen LogP contribution in [0.4, 0.5) is 0 Å². The molecule has 1 unspecified atom stereocenters. The predicted molar refractivity (Wildman–Crippen MR) is 101 cm³/mol. The van der Waals surface area contributed by atoms with Gasteiger partial charge in [-0.05, 0) is 25.5 Å². The van der Waals surface area contributed by atoms with Crippen molar-refractivity contribution in [1.82, 2.24) is 5.32 Å². The summed E-state index contributed by atoms with van der Waals surface area (Å²) in [4.78, 5) is 36.6. The number of esters is 1. The number of furan rings is 1. The number of hydrogen-bond donors (Lipinski definition) is 1. The summed E-state index contributed by atoms with van der Waals surface area (Å²) < 4.78 is 16.7. The lowest BCUT2D eigenvalue weighted by molar-refractivity contribution is -0.120. The second-order valence-corrected chi connectivity index (χ2v) is 6.70. The summed E-state index contributed by atoms with van der Waals surface area (Å²) in [5.74, 6) is -0.234. The Hall–Kier alpha value is -3.35. The molecule has 1 aromatic carbocycles. The standard InChI is InChI=1S/C21H19NO6/c1-3-13-18(21(25)27-17-9-8-16(23)22-17)11(2)20(24)28-19(13)15-10-12-6-4-5-7-14(12)26-15/h4-7,10,17H,3,8-9H2,1-2H3,(H,22,23). The van der Waals surface area contributed by atoms with E-state index in [2.05, 4.69) is 5.32 Å². The first-order chi connectivity index (χ1) is 13.5. The summed E-state index contributed by atoms with van der Waals surface area (Å²) in [5.41, 5.74) is 0.891. The van der Waals surface area contributed by atoms with Crippen molar-refractivity contribution in [2.45, 2.75) is 39.3 Å². The summed E-state index contributed by atoms with van der Waals surface area (Å²) in [6.07, 6.45) is 0.450. The fourth-order valence-corrected chi connectivity index (χ4v) is 3.44. The molecule has 1 N–H and O–H groups in total. The lowest BCUT2D eigenvalue weighted by Crippen LogP contribution is -2.31. The van der Waals surface area contributed by atoms with E-state index in [9.17, 15) is 14.4 Å². The second-order valence-electron chi connectivity index (χ2n) is 6.70. The van der Waals surface area contributed by atoms with Crippen LogP contribution in [0.15, 0.2) is 44.0 Å². The molecule has 0 radical (unpaired) electrons. The molecule has 7 heteroatoms. The molecule has 1 saturated heterocycles. The molecular formula is C21H19NO6. The third-order valence-electron chi connectivity index (χ3n) is 4.86. The summed E-state index contributed by atoms with van der Waals surface area (Å²) in [6.45, 7) is 3.38. The van der Waals surface area contributed by atoms with Crippen molar-refractivity contribution in [3.63, 3.8) is 0 Å². The van der Waals surface area contributed by atoms with Gasteiger partial charge in [-0.3, -0.25) is 4.79 Å². The molecule has 1 aliphatic rings. The van der Waals surface area contributed by atoms with Crippen LogP contribution >= 0.6 is 0 Å². The van der Waals surface area contributed by atoms with Crippen molar-refractivity contribution in [1.29, 1.82) is 0 Å². The zero-order valence-corrected chi connectivity index (χ0v) is 15.5. The predicted octanol–water partition coefficient (Wildman–Crippen LogP) is 3.32. The van der Waals surface area contributed by atoms with E-state index in [1.165, 1.54) is 6.92 Å².